The van der Waals surface area contributed by atoms with Gasteiger partial charge in [-0.15, -0.1) is 0 Å². The predicted octanol–water partition coefficient (Wildman–Crippen LogP) is 2.82. The van der Waals surface area contributed by atoms with Gasteiger partial charge in [0.25, 0.3) is 5.69 Å². The van der Waals surface area contributed by atoms with Gasteiger partial charge in [0.1, 0.15) is 11.7 Å². The van der Waals surface area contributed by atoms with Crippen LogP contribution in [0.15, 0.2) is 42.9 Å². The molecule has 0 radical (unpaired) electrons. The van der Waals surface area contributed by atoms with Gasteiger partial charge in [0.2, 0.25) is 11.9 Å². The fourth-order valence-corrected chi connectivity index (χ4v) is 4.19. The molecular weight excluding hydrogens is 424 g/mol. The van der Waals surface area contributed by atoms with Gasteiger partial charge >= 0.3 is 0 Å². The summed E-state index contributed by atoms with van der Waals surface area (Å²) in [5.74, 6) is 1.39. The number of fused-ring (bicyclic) bond motifs is 3. The summed E-state index contributed by atoms with van der Waals surface area (Å²) >= 11 is 0. The van der Waals surface area contributed by atoms with Crippen LogP contribution in [-0.4, -0.2) is 50.2 Å². The Hall–Kier alpha value is -4.02. The van der Waals surface area contributed by atoms with E-state index in [0.29, 0.717) is 19.0 Å². The summed E-state index contributed by atoms with van der Waals surface area (Å²) in [4.78, 5) is 35.7. The van der Waals surface area contributed by atoms with Gasteiger partial charge in [-0.2, -0.15) is 10.1 Å². The number of nitrogens with zero attached hydrogens (tertiary/aromatic N) is 7. The van der Waals surface area contributed by atoms with Crippen LogP contribution in [0.25, 0.3) is 0 Å². The highest BCUT2D eigenvalue weighted by atomic mass is 16.6. The lowest BCUT2D eigenvalue weighted by atomic mass is 10.1. The molecule has 2 aliphatic rings. The lowest BCUT2D eigenvalue weighted by molar-refractivity contribution is -0.384. The van der Waals surface area contributed by atoms with Crippen molar-refractivity contribution in [2.24, 2.45) is 0 Å². The average Bonchev–Trinajstić information content (AvgIpc) is 3.46. The Morgan fingerprint density at radius 2 is 2.00 bits per heavy atom. The van der Waals surface area contributed by atoms with Gasteiger partial charge < -0.3 is 15.1 Å². The first-order chi connectivity index (χ1) is 15.5. The summed E-state index contributed by atoms with van der Waals surface area (Å²) in [6, 6.07) is 6.31. The fourth-order valence-electron chi connectivity index (χ4n) is 4.19. The molecule has 0 spiro atoms. The lowest BCUT2D eigenvalue weighted by Gasteiger charge is -2.36. The van der Waals surface area contributed by atoms with Crippen LogP contribution in [0.5, 0.6) is 0 Å². The Balaban J connectivity index is 0.00000259. The first-order valence-corrected chi connectivity index (χ1v) is 10.4. The van der Waals surface area contributed by atoms with E-state index in [0.717, 1.165) is 42.0 Å². The average molecular weight is 451 g/mol. The number of carbonyl (C=O) groups is 1. The molecule has 0 saturated carbocycles. The third-order valence-electron chi connectivity index (χ3n) is 5.88. The zero-order chi connectivity index (χ0) is 22.2. The summed E-state index contributed by atoms with van der Waals surface area (Å²) in [5, 5.41) is 18.4. The van der Waals surface area contributed by atoms with Gasteiger partial charge in [0.05, 0.1) is 23.9 Å². The second-order valence-corrected chi connectivity index (χ2v) is 7.97. The van der Waals surface area contributed by atoms with E-state index < -0.39 is 4.92 Å². The molecule has 2 aromatic heterocycles. The largest absolute Gasteiger partial charge is 0.350 e. The Morgan fingerprint density at radius 3 is 2.76 bits per heavy atom. The highest BCUT2D eigenvalue weighted by molar-refractivity contribution is 6.04. The van der Waals surface area contributed by atoms with Gasteiger partial charge in [-0.1, -0.05) is 19.6 Å². The van der Waals surface area contributed by atoms with Gasteiger partial charge in [-0.3, -0.25) is 19.6 Å². The molecule has 33 heavy (non-hydrogen) atoms. The number of hydrogen-bond donors (Lipinski definition) is 1. The molecule has 3 aromatic rings. The number of benzene rings is 1. The third kappa shape index (κ3) is 4.21. The molecule has 1 aromatic carbocycles. The summed E-state index contributed by atoms with van der Waals surface area (Å²) < 4.78 is 1.78. The number of non-ortho nitro benzene ring substituents is 1. The van der Waals surface area contributed by atoms with E-state index in [1.54, 1.807) is 41.2 Å². The lowest BCUT2D eigenvalue weighted by Crippen LogP contribution is -2.49. The molecule has 11 nitrogen and oxygen atoms in total. The van der Waals surface area contributed by atoms with E-state index in [2.05, 4.69) is 25.3 Å². The topological polar surface area (TPSA) is 122 Å². The summed E-state index contributed by atoms with van der Waals surface area (Å²) in [5.41, 5.74) is 2.68. The predicted molar refractivity (Wildman–Crippen MR) is 124 cm³/mol. The molecule has 2 aliphatic heterocycles. The van der Waals surface area contributed by atoms with Gasteiger partial charge in [-0.05, 0) is 18.4 Å². The molecule has 11 heteroatoms. The minimum absolute atomic E-state index is 0. The SMILES string of the molecule is C.CN1C(=O)[C@@H]2CCCN2c2nc(NCc3cnn(Cc4ccc([N+](=O)[O-])cc4)c3)ncc21. The van der Waals surface area contributed by atoms with Crippen LogP contribution in [0.2, 0.25) is 0 Å². The van der Waals surface area contributed by atoms with E-state index in [4.69, 9.17) is 0 Å². The van der Waals surface area contributed by atoms with Crippen LogP contribution in [0.1, 0.15) is 31.4 Å². The standard InChI is InChI=1S/C21H22N8O3.CH4/c1-26-18-11-23-21(25-19(18)28-8-2-3-17(28)20(26)30)22-9-15-10-24-27(13-15)12-14-4-6-16(7-5-14)29(31)32;/h4-7,10-11,13,17H,2-3,8-9,12H2,1H3,(H,22,23,25);1H4/t17-;/m0./s1. The van der Waals surface area contributed by atoms with Crippen LogP contribution in [0, 0.1) is 10.1 Å². The number of nitrogens with one attached hydrogen (secondary N) is 1. The number of nitro groups is 1. The van der Waals surface area contributed by atoms with Crippen LogP contribution >= 0.6 is 0 Å². The van der Waals surface area contributed by atoms with Crippen LogP contribution in [-0.2, 0) is 17.9 Å². The number of amides is 1. The summed E-state index contributed by atoms with van der Waals surface area (Å²) in [6.45, 7) is 1.84. The first-order valence-electron chi connectivity index (χ1n) is 10.4. The van der Waals surface area contributed by atoms with Crippen LogP contribution < -0.4 is 15.1 Å². The number of likely N-dealkylation sites (N-methyl/N-ethyl adjacent to an activating group) is 1. The molecule has 0 bridgehead atoms. The molecule has 4 heterocycles. The van der Waals surface area contributed by atoms with Crippen molar-refractivity contribution in [3.8, 4) is 0 Å². The smallest absolute Gasteiger partial charge is 0.269 e. The second-order valence-electron chi connectivity index (χ2n) is 7.97. The zero-order valence-corrected chi connectivity index (χ0v) is 17.5. The summed E-state index contributed by atoms with van der Waals surface area (Å²) in [6.07, 6.45) is 7.19. The van der Waals surface area contributed by atoms with Crippen molar-refractivity contribution in [2.45, 2.75) is 39.4 Å². The zero-order valence-electron chi connectivity index (χ0n) is 17.5. The molecule has 5 rings (SSSR count). The maximum atomic E-state index is 12.5. The number of anilines is 3. The molecular formula is C22H26N8O3. The maximum Gasteiger partial charge on any atom is 0.269 e. The Labute approximate surface area is 191 Å². The molecule has 1 saturated heterocycles. The number of hydrogen-bond acceptors (Lipinski definition) is 8. The van der Waals surface area contributed by atoms with Crippen molar-refractivity contribution in [1.82, 2.24) is 19.7 Å². The van der Waals surface area contributed by atoms with Gasteiger partial charge in [0.15, 0.2) is 5.82 Å². The van der Waals surface area contributed by atoms with E-state index in [9.17, 15) is 14.9 Å². The van der Waals surface area contributed by atoms with Crippen molar-refractivity contribution < 1.29 is 9.72 Å². The number of aromatic nitrogens is 4. The number of rotatable bonds is 6. The molecule has 1 N–H and O–H groups in total. The van der Waals surface area contributed by atoms with Gasteiger partial charge in [0, 0.05) is 44.0 Å². The molecule has 0 unspecified atom stereocenters. The second kappa shape index (κ2) is 8.85. The Morgan fingerprint density at radius 1 is 1.21 bits per heavy atom. The van der Waals surface area contributed by atoms with Crippen molar-refractivity contribution in [3.63, 3.8) is 0 Å². The van der Waals surface area contributed by atoms with E-state index >= 15 is 0 Å². The molecule has 0 aliphatic carbocycles. The van der Waals surface area contributed by atoms with Crippen molar-refractivity contribution in [3.05, 3.63) is 64.1 Å². The van der Waals surface area contributed by atoms with Crippen molar-refractivity contribution in [2.75, 3.05) is 28.7 Å². The van der Waals surface area contributed by atoms with Crippen molar-refractivity contribution >= 4 is 29.0 Å². The van der Waals surface area contributed by atoms with E-state index in [1.807, 2.05) is 6.20 Å². The maximum absolute atomic E-state index is 12.5. The highest BCUT2D eigenvalue weighted by Gasteiger charge is 2.40. The number of nitro benzene ring substituents is 1. The molecule has 172 valence electrons. The molecule has 1 fully saturated rings. The number of carbonyl (C=O) groups excluding carboxylic acids is 1. The first kappa shape index (κ1) is 22.2. The Bertz CT molecular complexity index is 1180. The quantitative estimate of drug-likeness (QED) is 0.449. The Kier molecular flexibility index (Phi) is 5.95. The van der Waals surface area contributed by atoms with Crippen LogP contribution in [0.4, 0.5) is 23.1 Å². The monoisotopic (exact) mass is 450 g/mol. The van der Waals surface area contributed by atoms with E-state index in [-0.39, 0.29) is 25.1 Å². The normalized spacial score (nSPS) is 16.8. The third-order valence-corrected chi connectivity index (χ3v) is 5.88. The summed E-state index contributed by atoms with van der Waals surface area (Å²) in [7, 11) is 1.77. The fraction of sp³-hybridized carbons (Fsp3) is 0.364. The van der Waals surface area contributed by atoms with Crippen LogP contribution in [0.3, 0.4) is 0 Å². The molecule has 1 amide bonds. The minimum atomic E-state index is -0.413. The minimum Gasteiger partial charge on any atom is -0.350 e. The van der Waals surface area contributed by atoms with Gasteiger partial charge in [-0.25, -0.2) is 4.98 Å². The highest BCUT2D eigenvalue weighted by Crippen LogP contribution is 2.37. The van der Waals surface area contributed by atoms with Crippen molar-refractivity contribution in [1.29, 1.82) is 0 Å². The molecule has 1 atom stereocenters. The van der Waals surface area contributed by atoms with E-state index in [1.165, 1.54) is 12.1 Å².